The van der Waals surface area contributed by atoms with Crippen LogP contribution in [0, 0.1) is 11.3 Å². The summed E-state index contributed by atoms with van der Waals surface area (Å²) in [5.41, 5.74) is 7.13. The van der Waals surface area contributed by atoms with Crippen molar-refractivity contribution < 1.29 is 4.74 Å². The normalized spacial score (nSPS) is 17.6. The molecule has 1 aromatic heterocycles. The molecule has 0 unspecified atom stereocenters. The highest BCUT2D eigenvalue weighted by molar-refractivity contribution is 5.53. The average Bonchev–Trinajstić information content (AvgIpc) is 2.56. The van der Waals surface area contributed by atoms with E-state index in [-0.39, 0.29) is 0 Å². The summed E-state index contributed by atoms with van der Waals surface area (Å²) in [5, 5.41) is 13.3. The number of hydrogen-bond acceptors (Lipinski definition) is 4. The van der Waals surface area contributed by atoms with Gasteiger partial charge in [0, 0.05) is 26.2 Å². The molecule has 0 aromatic carbocycles. The molecule has 1 aromatic rings. The van der Waals surface area contributed by atoms with Crippen LogP contribution in [-0.2, 0) is 11.8 Å². The summed E-state index contributed by atoms with van der Waals surface area (Å²) in [5.74, 6) is 0.774. The third kappa shape index (κ3) is 1.68. The Morgan fingerprint density at radius 2 is 2.20 bits per heavy atom. The van der Waals surface area contributed by atoms with Gasteiger partial charge in [-0.2, -0.15) is 10.4 Å². The van der Waals surface area contributed by atoms with Crippen molar-refractivity contribution in [1.82, 2.24) is 9.78 Å². The fourth-order valence-corrected chi connectivity index (χ4v) is 1.93. The summed E-state index contributed by atoms with van der Waals surface area (Å²) in [6, 6.07) is 2.13. The molecule has 1 aliphatic rings. The number of ether oxygens (including phenoxy) is 1. The van der Waals surface area contributed by atoms with Crippen LogP contribution in [-0.4, -0.2) is 23.0 Å². The molecule has 1 aliphatic heterocycles. The van der Waals surface area contributed by atoms with Crippen molar-refractivity contribution in [2.24, 2.45) is 7.05 Å². The zero-order chi connectivity index (χ0) is 10.8. The number of rotatable bonds is 1. The van der Waals surface area contributed by atoms with Gasteiger partial charge in [-0.3, -0.25) is 4.68 Å². The predicted molar refractivity (Wildman–Crippen MR) is 55.1 cm³/mol. The summed E-state index contributed by atoms with van der Waals surface area (Å²) >= 11 is 0. The maximum atomic E-state index is 9.03. The topological polar surface area (TPSA) is 76.9 Å². The molecule has 80 valence electrons. The van der Waals surface area contributed by atoms with Crippen molar-refractivity contribution in [3.05, 3.63) is 11.3 Å². The Morgan fingerprint density at radius 1 is 1.53 bits per heavy atom. The maximum absolute atomic E-state index is 9.03. The fourth-order valence-electron chi connectivity index (χ4n) is 1.93. The lowest BCUT2D eigenvalue weighted by Gasteiger charge is -2.20. The Hall–Kier alpha value is -1.54. The molecule has 15 heavy (non-hydrogen) atoms. The van der Waals surface area contributed by atoms with Crippen molar-refractivity contribution in [1.29, 1.82) is 5.26 Å². The van der Waals surface area contributed by atoms with E-state index in [1.54, 1.807) is 11.7 Å². The molecule has 0 amide bonds. The van der Waals surface area contributed by atoms with E-state index >= 15 is 0 Å². The lowest BCUT2D eigenvalue weighted by molar-refractivity contribution is 0.0843. The van der Waals surface area contributed by atoms with Crippen LogP contribution in [0.15, 0.2) is 0 Å². The van der Waals surface area contributed by atoms with Gasteiger partial charge in [-0.15, -0.1) is 0 Å². The molecule has 0 spiro atoms. The van der Waals surface area contributed by atoms with Gasteiger partial charge in [0.25, 0.3) is 0 Å². The number of nitrogens with zero attached hydrogens (tertiary/aromatic N) is 3. The van der Waals surface area contributed by atoms with Gasteiger partial charge in [0.05, 0.1) is 5.69 Å². The number of nitriles is 1. The predicted octanol–water partition coefficient (Wildman–Crippen LogP) is 0.768. The molecule has 2 heterocycles. The molecular formula is C10H14N4O. The summed E-state index contributed by atoms with van der Waals surface area (Å²) in [6.07, 6.45) is 1.84. The molecule has 2 rings (SSSR count). The Labute approximate surface area is 88.4 Å². The fraction of sp³-hybridized carbons (Fsp3) is 0.600. The molecule has 1 saturated heterocycles. The first-order chi connectivity index (χ1) is 7.24. The largest absolute Gasteiger partial charge is 0.383 e. The van der Waals surface area contributed by atoms with Gasteiger partial charge in [-0.1, -0.05) is 0 Å². The van der Waals surface area contributed by atoms with Crippen LogP contribution < -0.4 is 5.73 Å². The van der Waals surface area contributed by atoms with E-state index in [4.69, 9.17) is 15.7 Å². The average molecular weight is 206 g/mol. The Bertz CT molecular complexity index is 398. The van der Waals surface area contributed by atoms with E-state index in [0.717, 1.165) is 31.7 Å². The third-order valence-corrected chi connectivity index (χ3v) is 2.84. The van der Waals surface area contributed by atoms with E-state index in [9.17, 15) is 0 Å². The van der Waals surface area contributed by atoms with Crippen molar-refractivity contribution in [2.45, 2.75) is 18.8 Å². The van der Waals surface area contributed by atoms with Crippen LogP contribution in [0.1, 0.15) is 30.0 Å². The smallest absolute Gasteiger partial charge is 0.139 e. The Kier molecular flexibility index (Phi) is 2.60. The molecule has 0 atom stereocenters. The number of nitrogens with two attached hydrogens (primary N) is 1. The molecule has 5 nitrogen and oxygen atoms in total. The van der Waals surface area contributed by atoms with Gasteiger partial charge in [0.1, 0.15) is 17.5 Å². The molecule has 0 aliphatic carbocycles. The van der Waals surface area contributed by atoms with E-state index in [1.165, 1.54) is 0 Å². The minimum absolute atomic E-state index is 0.317. The molecule has 0 bridgehead atoms. The van der Waals surface area contributed by atoms with E-state index in [1.807, 2.05) is 0 Å². The first-order valence-corrected chi connectivity index (χ1v) is 5.04. The van der Waals surface area contributed by atoms with Crippen molar-refractivity contribution in [3.63, 3.8) is 0 Å². The van der Waals surface area contributed by atoms with Gasteiger partial charge in [0.15, 0.2) is 0 Å². The van der Waals surface area contributed by atoms with Crippen molar-refractivity contribution in [3.8, 4) is 6.07 Å². The van der Waals surface area contributed by atoms with Gasteiger partial charge < -0.3 is 10.5 Å². The zero-order valence-electron chi connectivity index (χ0n) is 8.73. The summed E-state index contributed by atoms with van der Waals surface area (Å²) < 4.78 is 6.86. The van der Waals surface area contributed by atoms with Crippen LogP contribution in [0.5, 0.6) is 0 Å². The van der Waals surface area contributed by atoms with E-state index in [0.29, 0.717) is 17.3 Å². The molecule has 0 radical (unpaired) electrons. The van der Waals surface area contributed by atoms with Gasteiger partial charge >= 0.3 is 0 Å². The lowest BCUT2D eigenvalue weighted by atomic mass is 9.94. The highest BCUT2D eigenvalue weighted by atomic mass is 16.5. The van der Waals surface area contributed by atoms with Crippen LogP contribution in [0.4, 0.5) is 5.82 Å². The number of aromatic nitrogens is 2. The molecule has 5 heteroatoms. The third-order valence-electron chi connectivity index (χ3n) is 2.84. The number of anilines is 1. The summed E-state index contributed by atoms with van der Waals surface area (Å²) in [4.78, 5) is 0. The highest BCUT2D eigenvalue weighted by Crippen LogP contribution is 2.30. The van der Waals surface area contributed by atoms with Crippen LogP contribution in [0.2, 0.25) is 0 Å². The van der Waals surface area contributed by atoms with Crippen molar-refractivity contribution >= 4 is 5.82 Å². The number of hydrogen-bond donors (Lipinski definition) is 1. The number of aryl methyl sites for hydroxylation is 1. The second-order valence-corrected chi connectivity index (χ2v) is 3.77. The lowest BCUT2D eigenvalue weighted by Crippen LogP contribution is -2.15. The molecule has 0 saturated carbocycles. The monoisotopic (exact) mass is 206 g/mol. The second-order valence-electron chi connectivity index (χ2n) is 3.77. The zero-order valence-corrected chi connectivity index (χ0v) is 8.73. The Balaban J connectivity index is 2.35. The first kappa shape index (κ1) is 9.99. The maximum Gasteiger partial charge on any atom is 0.139 e. The minimum Gasteiger partial charge on any atom is -0.383 e. The van der Waals surface area contributed by atoms with E-state index in [2.05, 4.69) is 11.2 Å². The molecule has 1 fully saturated rings. The van der Waals surface area contributed by atoms with E-state index < -0.39 is 0 Å². The van der Waals surface area contributed by atoms with Crippen LogP contribution in [0.3, 0.4) is 0 Å². The van der Waals surface area contributed by atoms with Gasteiger partial charge in [-0.25, -0.2) is 0 Å². The Morgan fingerprint density at radius 3 is 2.80 bits per heavy atom. The number of nitrogen functional groups attached to an aromatic ring is 1. The minimum atomic E-state index is 0.317. The molecule has 2 N–H and O–H groups in total. The van der Waals surface area contributed by atoms with Gasteiger partial charge in [-0.05, 0) is 12.8 Å². The standard InChI is InChI=1S/C10H14N4O/c1-14-10(12)8(6-11)9(13-14)7-2-4-15-5-3-7/h7H,2-5,12H2,1H3. The SMILES string of the molecule is Cn1nc(C2CCOCC2)c(C#N)c1N. The second kappa shape index (κ2) is 3.91. The van der Waals surface area contributed by atoms with Crippen LogP contribution >= 0.6 is 0 Å². The first-order valence-electron chi connectivity index (χ1n) is 5.04. The highest BCUT2D eigenvalue weighted by Gasteiger charge is 2.24. The quantitative estimate of drug-likeness (QED) is 0.736. The van der Waals surface area contributed by atoms with Crippen molar-refractivity contribution in [2.75, 3.05) is 18.9 Å². The van der Waals surface area contributed by atoms with Crippen LogP contribution in [0.25, 0.3) is 0 Å². The summed E-state index contributed by atoms with van der Waals surface area (Å²) in [7, 11) is 1.76. The molecular weight excluding hydrogens is 192 g/mol. The summed E-state index contributed by atoms with van der Waals surface area (Å²) in [6.45, 7) is 1.48. The van der Waals surface area contributed by atoms with Gasteiger partial charge in [0.2, 0.25) is 0 Å².